The molecule has 154 valence electrons. The van der Waals surface area contributed by atoms with Gasteiger partial charge in [-0.15, -0.1) is 5.06 Å². The molecule has 3 aliphatic heterocycles. The molecule has 28 heavy (non-hydrogen) atoms. The summed E-state index contributed by atoms with van der Waals surface area (Å²) in [6.07, 6.45) is 4.21. The van der Waals surface area contributed by atoms with E-state index >= 15 is 0 Å². The van der Waals surface area contributed by atoms with Crippen LogP contribution in [0.15, 0.2) is 12.2 Å². The van der Waals surface area contributed by atoms with E-state index in [1.165, 1.54) is 4.90 Å². The lowest BCUT2D eigenvalue weighted by Crippen LogP contribution is -2.53. The van der Waals surface area contributed by atoms with Crippen LogP contribution in [0, 0.1) is 0 Å². The van der Waals surface area contributed by atoms with Gasteiger partial charge in [-0.05, 0) is 33.6 Å². The zero-order chi connectivity index (χ0) is 20.5. The van der Waals surface area contributed by atoms with E-state index in [4.69, 9.17) is 9.57 Å². The molecule has 2 bridgehead atoms. The number of hydrogen-bond donors (Lipinski definition) is 1. The number of rotatable bonds is 4. The van der Waals surface area contributed by atoms with Crippen LogP contribution in [-0.4, -0.2) is 82.7 Å². The first kappa shape index (κ1) is 20.0. The van der Waals surface area contributed by atoms with Crippen molar-refractivity contribution < 1.29 is 28.8 Å². The van der Waals surface area contributed by atoms with Gasteiger partial charge in [0.05, 0.1) is 6.54 Å². The summed E-state index contributed by atoms with van der Waals surface area (Å²) in [6, 6.07) is -1.72. The Balaban J connectivity index is 1.51. The molecular formula is C18H26N4O6. The Morgan fingerprint density at radius 2 is 1.89 bits per heavy atom. The zero-order valence-corrected chi connectivity index (χ0v) is 16.3. The molecule has 2 saturated heterocycles. The highest BCUT2D eigenvalue weighted by atomic mass is 16.7. The van der Waals surface area contributed by atoms with Crippen molar-refractivity contribution in [1.29, 1.82) is 0 Å². The summed E-state index contributed by atoms with van der Waals surface area (Å²) in [5.74, 6) is -0.285. The molecule has 2 atom stereocenters. The minimum Gasteiger partial charge on any atom is -0.444 e. The van der Waals surface area contributed by atoms with Crippen LogP contribution in [0.5, 0.6) is 0 Å². The van der Waals surface area contributed by atoms with E-state index in [9.17, 15) is 19.2 Å². The smallest absolute Gasteiger partial charge is 0.410 e. The van der Waals surface area contributed by atoms with Crippen molar-refractivity contribution in [1.82, 2.24) is 20.2 Å². The maximum atomic E-state index is 12.7. The molecule has 0 spiro atoms. The van der Waals surface area contributed by atoms with Crippen LogP contribution in [-0.2, 0) is 19.2 Å². The predicted molar refractivity (Wildman–Crippen MR) is 96.8 cm³/mol. The van der Waals surface area contributed by atoms with Crippen LogP contribution in [0.4, 0.5) is 9.59 Å². The maximum Gasteiger partial charge on any atom is 0.410 e. The van der Waals surface area contributed by atoms with Crippen molar-refractivity contribution >= 4 is 24.5 Å². The van der Waals surface area contributed by atoms with Crippen molar-refractivity contribution in [2.75, 3.05) is 19.6 Å². The van der Waals surface area contributed by atoms with Gasteiger partial charge in [-0.3, -0.25) is 9.59 Å². The lowest BCUT2D eigenvalue weighted by Gasteiger charge is -2.34. The largest absolute Gasteiger partial charge is 0.444 e. The molecule has 0 radical (unpaired) electrons. The third-order valence-corrected chi connectivity index (χ3v) is 4.89. The lowest BCUT2D eigenvalue weighted by molar-refractivity contribution is -0.160. The summed E-state index contributed by atoms with van der Waals surface area (Å²) in [5.41, 5.74) is -0.545. The fraction of sp³-hybridized carbons (Fsp3) is 0.667. The molecule has 0 unspecified atom stereocenters. The summed E-state index contributed by atoms with van der Waals surface area (Å²) < 4.78 is 5.37. The van der Waals surface area contributed by atoms with Crippen LogP contribution >= 0.6 is 0 Å². The van der Waals surface area contributed by atoms with Crippen molar-refractivity contribution in [3.05, 3.63) is 12.2 Å². The molecule has 1 N–H and O–H groups in total. The number of urea groups is 1. The molecule has 10 nitrogen and oxygen atoms in total. The first-order valence-electron chi connectivity index (χ1n) is 9.36. The number of hydroxylamine groups is 2. The predicted octanol–water partition coefficient (Wildman–Crippen LogP) is 0.635. The van der Waals surface area contributed by atoms with Gasteiger partial charge in [-0.1, -0.05) is 12.2 Å². The molecule has 3 heterocycles. The van der Waals surface area contributed by atoms with Crippen molar-refractivity contribution in [2.45, 2.75) is 57.3 Å². The molecule has 0 aromatic heterocycles. The average Bonchev–Trinajstić information content (AvgIpc) is 2.86. The number of piperidine rings is 1. The monoisotopic (exact) mass is 394 g/mol. The fourth-order valence-corrected chi connectivity index (χ4v) is 3.55. The molecule has 0 aliphatic carbocycles. The highest BCUT2D eigenvalue weighted by Gasteiger charge is 2.46. The molecule has 3 rings (SSSR count). The Morgan fingerprint density at radius 1 is 1.21 bits per heavy atom. The standard InChI is InChI=1S/C18H26N4O6/c1-18(2,3)28-17(26)20-8-6-12(7-9-20)19-15(24)14-5-4-13-10-21(14)16(25)22(13)27-11-23/h4-5,11-14H,6-10H2,1-3H3,(H,19,24)/t13-,14-/m0/s1. The number of nitrogens with zero attached hydrogens (tertiary/aromatic N) is 3. The number of carbonyl (C=O) groups excluding carboxylic acids is 4. The van der Waals surface area contributed by atoms with Gasteiger partial charge >= 0.3 is 18.6 Å². The third kappa shape index (κ3) is 4.20. The van der Waals surface area contributed by atoms with Crippen LogP contribution in [0.2, 0.25) is 0 Å². The Morgan fingerprint density at radius 3 is 2.50 bits per heavy atom. The summed E-state index contributed by atoms with van der Waals surface area (Å²) in [4.78, 5) is 55.4. The highest BCUT2D eigenvalue weighted by molar-refractivity contribution is 5.90. The topological polar surface area (TPSA) is 108 Å². The minimum atomic E-state index is -0.743. The average molecular weight is 394 g/mol. The van der Waals surface area contributed by atoms with Gasteiger partial charge in [-0.2, -0.15) is 0 Å². The van der Waals surface area contributed by atoms with Crippen LogP contribution in [0.1, 0.15) is 33.6 Å². The summed E-state index contributed by atoms with van der Waals surface area (Å²) >= 11 is 0. The van der Waals surface area contributed by atoms with Gasteiger partial charge in [0.1, 0.15) is 17.7 Å². The molecule has 0 aromatic rings. The lowest BCUT2D eigenvalue weighted by atomic mass is 10.0. The Bertz CT molecular complexity index is 680. The van der Waals surface area contributed by atoms with Gasteiger partial charge in [-0.25, -0.2) is 9.59 Å². The second-order valence-corrected chi connectivity index (χ2v) is 8.11. The fourth-order valence-electron chi connectivity index (χ4n) is 3.55. The Labute approximate surface area is 163 Å². The van der Waals surface area contributed by atoms with E-state index in [1.54, 1.807) is 17.1 Å². The Hall–Kier alpha value is -2.78. The van der Waals surface area contributed by atoms with Crippen molar-refractivity contribution in [3.8, 4) is 0 Å². The Kier molecular flexibility index (Phi) is 5.48. The summed E-state index contributed by atoms with van der Waals surface area (Å²) in [6.45, 7) is 6.93. The van der Waals surface area contributed by atoms with Crippen molar-refractivity contribution in [2.24, 2.45) is 0 Å². The zero-order valence-electron chi connectivity index (χ0n) is 16.3. The van der Waals surface area contributed by atoms with Gasteiger partial charge in [0.15, 0.2) is 0 Å². The summed E-state index contributed by atoms with van der Waals surface area (Å²) in [5, 5.41) is 3.92. The SMILES string of the molecule is CC(C)(C)OC(=O)N1CCC(NC(=O)[C@@H]2C=C[C@H]3CN2C(=O)N3OC=O)CC1. The maximum absolute atomic E-state index is 12.7. The van der Waals surface area contributed by atoms with Gasteiger partial charge in [0.2, 0.25) is 5.91 Å². The third-order valence-electron chi connectivity index (χ3n) is 4.89. The van der Waals surface area contributed by atoms with E-state index in [-0.39, 0.29) is 30.6 Å². The number of likely N-dealkylation sites (tertiary alicyclic amines) is 1. The second kappa shape index (κ2) is 7.69. The molecule has 4 amide bonds. The number of ether oxygens (including phenoxy) is 1. The molecule has 0 saturated carbocycles. The van der Waals surface area contributed by atoms with Crippen molar-refractivity contribution in [3.63, 3.8) is 0 Å². The van der Waals surface area contributed by atoms with Gasteiger partial charge in [0, 0.05) is 19.1 Å². The van der Waals surface area contributed by atoms with Gasteiger partial charge in [0.25, 0.3) is 0 Å². The van der Waals surface area contributed by atoms with E-state index < -0.39 is 17.7 Å². The van der Waals surface area contributed by atoms with E-state index in [2.05, 4.69) is 5.32 Å². The molecule has 0 aromatic carbocycles. The van der Waals surface area contributed by atoms with E-state index in [0.29, 0.717) is 32.5 Å². The highest BCUT2D eigenvalue weighted by Crippen LogP contribution is 2.25. The van der Waals surface area contributed by atoms with Crippen LogP contribution in [0.25, 0.3) is 0 Å². The first-order chi connectivity index (χ1) is 13.2. The number of nitrogens with one attached hydrogen (secondary N) is 1. The number of hydrogen-bond acceptors (Lipinski definition) is 6. The number of amides is 4. The minimum absolute atomic E-state index is 0.0858. The molecule has 2 fully saturated rings. The molecule has 3 aliphatic rings. The first-order valence-corrected chi connectivity index (χ1v) is 9.36. The van der Waals surface area contributed by atoms with Crippen LogP contribution < -0.4 is 5.32 Å². The number of carbonyl (C=O) groups is 4. The van der Waals surface area contributed by atoms with Crippen LogP contribution in [0.3, 0.4) is 0 Å². The molecule has 10 heteroatoms. The number of fused-ring (bicyclic) bond motifs is 2. The quantitative estimate of drug-likeness (QED) is 0.554. The second-order valence-electron chi connectivity index (χ2n) is 8.11. The van der Waals surface area contributed by atoms with Gasteiger partial charge < -0.3 is 24.7 Å². The normalized spacial score (nSPS) is 25.0. The van der Waals surface area contributed by atoms with E-state index in [1.807, 2.05) is 20.8 Å². The van der Waals surface area contributed by atoms with E-state index in [0.717, 1.165) is 5.06 Å². The summed E-state index contributed by atoms with van der Waals surface area (Å²) in [7, 11) is 0. The molecular weight excluding hydrogens is 368 g/mol.